The van der Waals surface area contributed by atoms with Gasteiger partial charge in [-0.3, -0.25) is 14.6 Å². The molecular formula is C34H53FN4O3. The summed E-state index contributed by atoms with van der Waals surface area (Å²) in [7, 11) is 0. The number of allylic oxidation sites excluding steroid dienone is 1. The second-order valence-corrected chi connectivity index (χ2v) is 12.6. The number of hydrogen-bond acceptors (Lipinski definition) is 5. The summed E-state index contributed by atoms with van der Waals surface area (Å²) in [4.78, 5) is 34.1. The van der Waals surface area contributed by atoms with Gasteiger partial charge in [0.25, 0.3) is 5.91 Å². The molecule has 0 aromatic heterocycles. The van der Waals surface area contributed by atoms with Crippen LogP contribution >= 0.6 is 0 Å². The molecule has 8 heteroatoms. The lowest BCUT2D eigenvalue weighted by molar-refractivity contribution is -0.133. The largest absolute Gasteiger partial charge is 0.394 e. The van der Waals surface area contributed by atoms with Crippen molar-refractivity contribution in [3.63, 3.8) is 0 Å². The van der Waals surface area contributed by atoms with Crippen LogP contribution in [0.3, 0.4) is 0 Å². The van der Waals surface area contributed by atoms with Crippen LogP contribution in [0.2, 0.25) is 0 Å². The van der Waals surface area contributed by atoms with Crippen molar-refractivity contribution in [1.82, 2.24) is 9.80 Å². The molecule has 1 aromatic carbocycles. The molecule has 1 heterocycles. The highest BCUT2D eigenvalue weighted by Crippen LogP contribution is 2.45. The molecule has 2 amide bonds. The molecule has 1 saturated heterocycles. The van der Waals surface area contributed by atoms with Crippen LogP contribution in [0, 0.1) is 26.7 Å². The molecule has 1 aromatic rings. The van der Waals surface area contributed by atoms with Crippen molar-refractivity contribution in [2.45, 2.75) is 117 Å². The van der Waals surface area contributed by atoms with E-state index in [9.17, 15) is 19.1 Å². The normalized spacial score (nSPS) is 24.1. The Morgan fingerprint density at radius 3 is 2.40 bits per heavy atom. The van der Waals surface area contributed by atoms with E-state index in [0.29, 0.717) is 24.3 Å². The van der Waals surface area contributed by atoms with Crippen molar-refractivity contribution in [3.8, 4) is 0 Å². The molecule has 42 heavy (non-hydrogen) atoms. The quantitative estimate of drug-likeness (QED) is 0.371. The number of nitrogens with two attached hydrogens (primary N) is 1. The summed E-state index contributed by atoms with van der Waals surface area (Å²) in [6, 6.07) is 6.38. The number of carbonyl (C=O) groups is 2. The number of aliphatic hydroxyl groups excluding tert-OH is 1. The van der Waals surface area contributed by atoms with Crippen LogP contribution in [0.4, 0.5) is 4.39 Å². The van der Waals surface area contributed by atoms with Gasteiger partial charge in [-0.25, -0.2) is 4.39 Å². The van der Waals surface area contributed by atoms with Crippen molar-refractivity contribution in [2.24, 2.45) is 16.6 Å². The number of aryl methyl sites for hydroxylation is 2. The van der Waals surface area contributed by atoms with Gasteiger partial charge in [0.2, 0.25) is 5.91 Å². The molecule has 4 rings (SSSR count). The van der Waals surface area contributed by atoms with E-state index < -0.39 is 18.2 Å². The molecule has 3 aliphatic rings. The van der Waals surface area contributed by atoms with Crippen molar-refractivity contribution >= 4 is 17.5 Å². The van der Waals surface area contributed by atoms with Crippen molar-refractivity contribution in [2.75, 3.05) is 26.2 Å². The predicted octanol–water partition coefficient (Wildman–Crippen LogP) is 5.57. The third kappa shape index (κ3) is 8.42. The van der Waals surface area contributed by atoms with Crippen LogP contribution in [0.5, 0.6) is 0 Å². The Labute approximate surface area is 252 Å². The SMILES string of the molecule is CCC(C)CCN(C(=O)CN=C1CCC/C1=C(/N)C(=O)N1CCC(O)C(F)C1)C1(CC)CC1.Cc1cccc(C)c1C. The van der Waals surface area contributed by atoms with Gasteiger partial charge in [0, 0.05) is 29.9 Å². The minimum atomic E-state index is -1.45. The molecule has 3 N–H and O–H groups in total. The summed E-state index contributed by atoms with van der Waals surface area (Å²) in [5, 5.41) is 9.59. The fourth-order valence-corrected chi connectivity index (χ4v) is 5.85. The smallest absolute Gasteiger partial charge is 0.270 e. The number of aliphatic hydroxyl groups is 1. The number of amides is 2. The number of hydrogen-bond donors (Lipinski definition) is 2. The molecule has 0 bridgehead atoms. The number of benzene rings is 1. The summed E-state index contributed by atoms with van der Waals surface area (Å²) in [5.41, 5.74) is 11.9. The molecule has 2 saturated carbocycles. The summed E-state index contributed by atoms with van der Waals surface area (Å²) >= 11 is 0. The van der Waals surface area contributed by atoms with Gasteiger partial charge in [0.1, 0.15) is 18.4 Å². The third-order valence-corrected chi connectivity index (χ3v) is 9.72. The number of rotatable bonds is 9. The second-order valence-electron chi connectivity index (χ2n) is 12.6. The van der Waals surface area contributed by atoms with Gasteiger partial charge in [0.05, 0.1) is 12.6 Å². The van der Waals surface area contributed by atoms with E-state index in [0.717, 1.165) is 50.8 Å². The van der Waals surface area contributed by atoms with E-state index in [1.807, 2.05) is 0 Å². The Morgan fingerprint density at radius 2 is 1.86 bits per heavy atom. The van der Waals surface area contributed by atoms with E-state index in [4.69, 9.17) is 5.73 Å². The van der Waals surface area contributed by atoms with E-state index in [1.165, 1.54) is 21.6 Å². The standard InChI is InChI=1S/C25H41FN4O3.C9H12/c1-4-17(3)9-14-30(25(5-2)11-12-25)22(32)15-28-20-8-6-7-18(20)23(27)24(33)29-13-10-21(31)19(26)16-29;1-7-5-4-6-8(2)9(7)3/h17,19,21,31H,4-16,27H2,1-3H3;4-6H,1-3H3/b23-18-,28-20?;. The maximum atomic E-state index is 13.9. The highest BCUT2D eigenvalue weighted by Gasteiger charge is 2.48. The van der Waals surface area contributed by atoms with Gasteiger partial charge >= 0.3 is 0 Å². The zero-order chi connectivity index (χ0) is 31.0. The fraction of sp³-hybridized carbons (Fsp3) is 0.676. The van der Waals surface area contributed by atoms with Crippen molar-refractivity contribution < 1.29 is 19.1 Å². The molecule has 0 spiro atoms. The topological polar surface area (TPSA) is 99.2 Å². The first kappa shape index (κ1) is 33.8. The predicted molar refractivity (Wildman–Crippen MR) is 168 cm³/mol. The lowest BCUT2D eigenvalue weighted by atomic mass is 10.0. The Bertz CT molecular complexity index is 1140. The third-order valence-electron chi connectivity index (χ3n) is 9.72. The van der Waals surface area contributed by atoms with E-state index >= 15 is 0 Å². The number of piperidine rings is 1. The lowest BCUT2D eigenvalue weighted by Crippen LogP contribution is -2.48. The first-order chi connectivity index (χ1) is 19.9. The molecule has 3 fully saturated rings. The summed E-state index contributed by atoms with van der Waals surface area (Å²) < 4.78 is 13.9. The van der Waals surface area contributed by atoms with Crippen LogP contribution in [0.1, 0.15) is 95.2 Å². The number of aliphatic imine (C=N–C) groups is 1. The molecule has 2 aliphatic carbocycles. The average molecular weight is 585 g/mol. The molecule has 7 nitrogen and oxygen atoms in total. The van der Waals surface area contributed by atoms with Crippen molar-refractivity contribution in [3.05, 3.63) is 46.2 Å². The number of nitrogens with zero attached hydrogens (tertiary/aromatic N) is 3. The highest BCUT2D eigenvalue weighted by molar-refractivity contribution is 6.09. The zero-order valence-electron chi connectivity index (χ0n) is 26.7. The van der Waals surface area contributed by atoms with E-state index in [1.54, 1.807) is 0 Å². The number of likely N-dealkylation sites (tertiary alicyclic amines) is 1. The maximum absolute atomic E-state index is 13.9. The molecule has 3 unspecified atom stereocenters. The minimum Gasteiger partial charge on any atom is -0.394 e. The lowest BCUT2D eigenvalue weighted by Gasteiger charge is -2.32. The Morgan fingerprint density at radius 1 is 1.19 bits per heavy atom. The highest BCUT2D eigenvalue weighted by atomic mass is 19.1. The van der Waals surface area contributed by atoms with Gasteiger partial charge < -0.3 is 20.6 Å². The summed E-state index contributed by atoms with van der Waals surface area (Å²) in [6.07, 6.45) is 5.04. The number of halogens is 1. The molecule has 1 aliphatic heterocycles. The molecular weight excluding hydrogens is 531 g/mol. The van der Waals surface area contributed by atoms with Crippen molar-refractivity contribution in [1.29, 1.82) is 0 Å². The van der Waals surface area contributed by atoms with E-state index in [2.05, 4.69) is 69.6 Å². The first-order valence-corrected chi connectivity index (χ1v) is 15.9. The van der Waals surface area contributed by atoms with Gasteiger partial charge in [-0.2, -0.15) is 0 Å². The minimum absolute atomic E-state index is 0.00416. The molecule has 0 radical (unpaired) electrons. The zero-order valence-corrected chi connectivity index (χ0v) is 26.7. The van der Waals surface area contributed by atoms with Gasteiger partial charge in [-0.1, -0.05) is 45.4 Å². The van der Waals surface area contributed by atoms with Crippen LogP contribution in [0.15, 0.2) is 34.5 Å². The van der Waals surface area contributed by atoms with E-state index in [-0.39, 0.29) is 43.2 Å². The molecule has 234 valence electrons. The Hall–Kier alpha value is -2.74. The second kappa shape index (κ2) is 15.1. The van der Waals surface area contributed by atoms with Crippen LogP contribution in [-0.2, 0) is 9.59 Å². The monoisotopic (exact) mass is 584 g/mol. The average Bonchev–Trinajstić information content (AvgIpc) is 3.63. The molecule has 3 atom stereocenters. The first-order valence-electron chi connectivity index (χ1n) is 15.9. The van der Waals surface area contributed by atoms with Gasteiger partial charge in [0.15, 0.2) is 0 Å². The van der Waals surface area contributed by atoms with Crippen LogP contribution < -0.4 is 5.73 Å². The Balaban J connectivity index is 0.000000458. The van der Waals surface area contributed by atoms with Crippen LogP contribution in [0.25, 0.3) is 0 Å². The number of carbonyl (C=O) groups excluding carboxylic acids is 2. The summed E-state index contributed by atoms with van der Waals surface area (Å²) in [6.45, 7) is 14.0. The Kier molecular flexibility index (Phi) is 12.2. The van der Waals surface area contributed by atoms with Gasteiger partial charge in [-0.15, -0.1) is 0 Å². The van der Waals surface area contributed by atoms with Crippen LogP contribution in [-0.4, -0.2) is 76.4 Å². The fourth-order valence-electron chi connectivity index (χ4n) is 5.85. The van der Waals surface area contributed by atoms with Gasteiger partial charge in [-0.05, 0) is 94.7 Å². The number of alkyl halides is 1. The maximum Gasteiger partial charge on any atom is 0.270 e. The summed E-state index contributed by atoms with van der Waals surface area (Å²) in [5.74, 6) is 0.222.